The Kier molecular flexibility index (Phi) is 5.45. The number of hydrogen-bond acceptors (Lipinski definition) is 4. The summed E-state index contributed by atoms with van der Waals surface area (Å²) < 4.78 is 11.8. The van der Waals surface area contributed by atoms with Crippen LogP contribution in [0.3, 0.4) is 0 Å². The summed E-state index contributed by atoms with van der Waals surface area (Å²) in [4.78, 5) is 11.4. The van der Waals surface area contributed by atoms with Crippen molar-refractivity contribution < 1.29 is 14.3 Å². The summed E-state index contributed by atoms with van der Waals surface area (Å²) in [5.41, 5.74) is 0.758. The smallest absolute Gasteiger partial charge is 0.216 e. The Morgan fingerprint density at radius 3 is 2.57 bits per heavy atom. The minimum absolute atomic E-state index is 0.0523. The largest absolute Gasteiger partial charge is 0.354 e. The van der Waals surface area contributed by atoms with Gasteiger partial charge in [0.05, 0.1) is 12.1 Å². The van der Waals surface area contributed by atoms with Gasteiger partial charge in [0.15, 0.2) is 5.79 Å². The Balaban J connectivity index is 2.14. The van der Waals surface area contributed by atoms with Crippen molar-refractivity contribution in [2.75, 3.05) is 13.2 Å². The molecular formula is C18H28N2O3. The maximum Gasteiger partial charge on any atom is 0.216 e. The van der Waals surface area contributed by atoms with Gasteiger partial charge < -0.3 is 20.1 Å². The zero-order valence-electron chi connectivity index (χ0n) is 14.7. The van der Waals surface area contributed by atoms with Gasteiger partial charge in [-0.25, -0.2) is 0 Å². The van der Waals surface area contributed by atoms with Crippen molar-refractivity contribution >= 4 is 5.91 Å². The summed E-state index contributed by atoms with van der Waals surface area (Å²) in [6, 6.07) is 10.4. The van der Waals surface area contributed by atoms with Gasteiger partial charge in [0.2, 0.25) is 5.91 Å². The molecule has 0 unspecified atom stereocenters. The summed E-state index contributed by atoms with van der Waals surface area (Å²) in [5.74, 6) is -0.650. The van der Waals surface area contributed by atoms with E-state index in [0.717, 1.165) is 0 Å². The molecule has 1 aromatic rings. The third-order valence-electron chi connectivity index (χ3n) is 4.27. The van der Waals surface area contributed by atoms with Gasteiger partial charge in [-0.1, -0.05) is 30.3 Å². The highest BCUT2D eigenvalue weighted by Gasteiger charge is 2.45. The Morgan fingerprint density at radius 2 is 2.04 bits per heavy atom. The molecule has 2 N–H and O–H groups in total. The SMILES string of the molecule is CC(=O)NC[C@@](C)(N[C@@H](C)c1ccccc1)[C@H]1COC(C)(C)O1. The first-order chi connectivity index (χ1) is 10.7. The zero-order chi connectivity index (χ0) is 17.1. The van der Waals surface area contributed by atoms with E-state index in [4.69, 9.17) is 9.47 Å². The Bertz CT molecular complexity index is 532. The molecule has 3 atom stereocenters. The molecule has 5 nitrogen and oxygen atoms in total. The second-order valence-electron chi connectivity index (χ2n) is 6.92. The molecule has 1 heterocycles. The van der Waals surface area contributed by atoms with Crippen LogP contribution in [0.2, 0.25) is 0 Å². The highest BCUT2D eigenvalue weighted by Crippen LogP contribution is 2.30. The quantitative estimate of drug-likeness (QED) is 0.845. The molecule has 128 valence electrons. The molecule has 0 radical (unpaired) electrons. The molecule has 23 heavy (non-hydrogen) atoms. The molecule has 0 aromatic heterocycles. The molecule has 1 aliphatic heterocycles. The molecule has 0 spiro atoms. The van der Waals surface area contributed by atoms with Gasteiger partial charge in [-0.3, -0.25) is 4.79 Å². The van der Waals surface area contributed by atoms with E-state index in [-0.39, 0.29) is 18.1 Å². The van der Waals surface area contributed by atoms with E-state index in [1.54, 1.807) is 0 Å². The molecule has 5 heteroatoms. The Hall–Kier alpha value is -1.43. The fraction of sp³-hybridized carbons (Fsp3) is 0.611. The van der Waals surface area contributed by atoms with Gasteiger partial charge in [-0.15, -0.1) is 0 Å². The third kappa shape index (κ3) is 4.77. The minimum atomic E-state index is -0.597. The van der Waals surface area contributed by atoms with Crippen molar-refractivity contribution in [1.82, 2.24) is 10.6 Å². The van der Waals surface area contributed by atoms with Gasteiger partial charge in [0.1, 0.15) is 6.10 Å². The molecule has 2 rings (SSSR count). The van der Waals surface area contributed by atoms with Gasteiger partial charge >= 0.3 is 0 Å². The number of hydrogen-bond donors (Lipinski definition) is 2. The standard InChI is InChI=1S/C18H28N2O3/c1-13(15-9-7-6-8-10-15)20-18(5,12-19-14(2)21)16-11-22-17(3,4)23-16/h6-10,13,16,20H,11-12H2,1-5H3,(H,19,21)/t13-,16+,18+/m0/s1. The van der Waals surface area contributed by atoms with Crippen molar-refractivity contribution in [3.05, 3.63) is 35.9 Å². The zero-order valence-corrected chi connectivity index (χ0v) is 14.7. The van der Waals surface area contributed by atoms with Crippen LogP contribution in [0.15, 0.2) is 30.3 Å². The highest BCUT2D eigenvalue weighted by molar-refractivity contribution is 5.72. The van der Waals surface area contributed by atoms with Crippen LogP contribution in [0.25, 0.3) is 0 Å². The second kappa shape index (κ2) is 6.99. The topological polar surface area (TPSA) is 59.6 Å². The van der Waals surface area contributed by atoms with E-state index in [0.29, 0.717) is 13.2 Å². The summed E-state index contributed by atoms with van der Waals surface area (Å²) in [5, 5.41) is 6.54. The fourth-order valence-corrected chi connectivity index (χ4v) is 2.89. The summed E-state index contributed by atoms with van der Waals surface area (Å²) in [6.07, 6.45) is -0.143. The number of benzene rings is 1. The van der Waals surface area contributed by atoms with E-state index in [2.05, 4.69) is 36.6 Å². The monoisotopic (exact) mass is 320 g/mol. The van der Waals surface area contributed by atoms with Crippen LogP contribution in [-0.4, -0.2) is 36.5 Å². The number of carbonyl (C=O) groups is 1. The predicted molar refractivity (Wildman–Crippen MR) is 90.0 cm³/mol. The maximum atomic E-state index is 11.4. The van der Waals surface area contributed by atoms with Crippen molar-refractivity contribution in [3.63, 3.8) is 0 Å². The molecule has 1 fully saturated rings. The van der Waals surface area contributed by atoms with Crippen molar-refractivity contribution in [2.24, 2.45) is 0 Å². The molecule has 1 aliphatic rings. The lowest BCUT2D eigenvalue weighted by atomic mass is 9.92. The number of nitrogens with one attached hydrogen (secondary N) is 2. The van der Waals surface area contributed by atoms with Crippen molar-refractivity contribution in [3.8, 4) is 0 Å². The van der Waals surface area contributed by atoms with Crippen LogP contribution in [0.1, 0.15) is 46.2 Å². The molecule has 0 bridgehead atoms. The van der Waals surface area contributed by atoms with E-state index >= 15 is 0 Å². The first-order valence-corrected chi connectivity index (χ1v) is 8.11. The number of rotatable bonds is 6. The van der Waals surface area contributed by atoms with E-state index in [1.165, 1.54) is 12.5 Å². The van der Waals surface area contributed by atoms with E-state index in [1.807, 2.05) is 32.0 Å². The number of amides is 1. The molecular weight excluding hydrogens is 292 g/mol. The normalized spacial score (nSPS) is 24.0. The fourth-order valence-electron chi connectivity index (χ4n) is 2.89. The van der Waals surface area contributed by atoms with E-state index < -0.39 is 11.3 Å². The average molecular weight is 320 g/mol. The lowest BCUT2D eigenvalue weighted by Crippen LogP contribution is -2.60. The first-order valence-electron chi connectivity index (χ1n) is 8.11. The maximum absolute atomic E-state index is 11.4. The lowest BCUT2D eigenvalue weighted by molar-refractivity contribution is -0.148. The van der Waals surface area contributed by atoms with Gasteiger partial charge in [-0.2, -0.15) is 0 Å². The number of ether oxygens (including phenoxy) is 2. The van der Waals surface area contributed by atoms with Crippen LogP contribution in [0, 0.1) is 0 Å². The molecule has 1 amide bonds. The molecule has 0 aliphatic carbocycles. The van der Waals surface area contributed by atoms with Crippen LogP contribution in [-0.2, 0) is 14.3 Å². The average Bonchev–Trinajstić information content (AvgIpc) is 2.87. The van der Waals surface area contributed by atoms with Crippen LogP contribution >= 0.6 is 0 Å². The third-order valence-corrected chi connectivity index (χ3v) is 4.27. The van der Waals surface area contributed by atoms with Crippen molar-refractivity contribution in [1.29, 1.82) is 0 Å². The first kappa shape index (κ1) is 17.9. The summed E-state index contributed by atoms with van der Waals surface area (Å²) in [7, 11) is 0. The van der Waals surface area contributed by atoms with Gasteiger partial charge in [0, 0.05) is 19.5 Å². The summed E-state index contributed by atoms with van der Waals surface area (Å²) in [6.45, 7) is 10.5. The van der Waals surface area contributed by atoms with E-state index in [9.17, 15) is 4.79 Å². The highest BCUT2D eigenvalue weighted by atomic mass is 16.7. The van der Waals surface area contributed by atoms with Crippen LogP contribution in [0.5, 0.6) is 0 Å². The lowest BCUT2D eigenvalue weighted by Gasteiger charge is -2.38. The molecule has 0 saturated carbocycles. The molecule has 1 saturated heterocycles. The van der Waals surface area contributed by atoms with Crippen LogP contribution in [0.4, 0.5) is 0 Å². The van der Waals surface area contributed by atoms with Crippen LogP contribution < -0.4 is 10.6 Å². The number of carbonyl (C=O) groups excluding carboxylic acids is 1. The minimum Gasteiger partial charge on any atom is -0.354 e. The van der Waals surface area contributed by atoms with Crippen molar-refractivity contribution in [2.45, 2.75) is 58.1 Å². The second-order valence-corrected chi connectivity index (χ2v) is 6.92. The van der Waals surface area contributed by atoms with Gasteiger partial charge in [-0.05, 0) is 33.3 Å². The predicted octanol–water partition coefficient (Wildman–Crippen LogP) is 2.38. The Labute approximate surface area is 138 Å². The Morgan fingerprint density at radius 1 is 1.39 bits per heavy atom. The summed E-state index contributed by atoms with van der Waals surface area (Å²) >= 11 is 0. The molecule has 1 aromatic carbocycles. The van der Waals surface area contributed by atoms with Gasteiger partial charge in [0.25, 0.3) is 0 Å².